The van der Waals surface area contributed by atoms with Crippen molar-refractivity contribution >= 4 is 21.9 Å². The molecular weight excluding hydrogens is 425 g/mol. The zero-order chi connectivity index (χ0) is 22.5. The average Bonchev–Trinajstić information content (AvgIpc) is 2.69. The number of nitrogens with one attached hydrogen (secondary N) is 2. The summed E-state index contributed by atoms with van der Waals surface area (Å²) >= 11 is 0. The summed E-state index contributed by atoms with van der Waals surface area (Å²) in [6.07, 6.45) is -4.06. The lowest BCUT2D eigenvalue weighted by Crippen LogP contribution is -2.43. The molecule has 0 aliphatic carbocycles. The molecule has 2 rings (SSSR count). The Kier molecular flexibility index (Phi) is 7.05. The van der Waals surface area contributed by atoms with Crippen LogP contribution in [0.4, 0.5) is 13.2 Å². The number of hydroxylamine groups is 2. The lowest BCUT2D eigenvalue weighted by Gasteiger charge is -2.21. The average molecular weight is 444 g/mol. The maximum atomic E-state index is 12.9. The number of carbonyl (C=O) groups is 1. The van der Waals surface area contributed by atoms with Crippen LogP contribution in [-0.4, -0.2) is 31.9 Å². The second-order valence-electron chi connectivity index (χ2n) is 6.02. The second kappa shape index (κ2) is 9.13. The van der Waals surface area contributed by atoms with Crippen molar-refractivity contribution in [3.05, 3.63) is 59.7 Å². The fourth-order valence-corrected chi connectivity index (χ4v) is 3.38. The number of sulfonamides is 1. The van der Waals surface area contributed by atoms with Gasteiger partial charge in [-0.3, -0.25) is 10.2 Å². The summed E-state index contributed by atoms with van der Waals surface area (Å²) in [7, 11) is -3.72. The van der Waals surface area contributed by atoms with Crippen molar-refractivity contribution in [2.24, 2.45) is 5.73 Å². The summed E-state index contributed by atoms with van der Waals surface area (Å²) in [6, 6.07) is 8.41. The van der Waals surface area contributed by atoms with Crippen LogP contribution in [0.3, 0.4) is 0 Å². The van der Waals surface area contributed by atoms with E-state index in [1.807, 2.05) is 0 Å². The standard InChI is InChI=1S/C18H19F3N4O4S/c1-2-10-24-30(27,28)15-8-6-14(7-9-15)29-25(17(22)23)16(26)12-4-3-5-13(11-12)18(19,20)21/h3-9,11,24H,2,10H2,1H3,(H3,22,23). The maximum absolute atomic E-state index is 12.9. The van der Waals surface area contributed by atoms with Crippen LogP contribution in [0.2, 0.25) is 0 Å². The lowest BCUT2D eigenvalue weighted by molar-refractivity contribution is -0.137. The van der Waals surface area contributed by atoms with Gasteiger partial charge in [-0.25, -0.2) is 13.1 Å². The van der Waals surface area contributed by atoms with Gasteiger partial charge in [0.05, 0.1) is 10.5 Å². The van der Waals surface area contributed by atoms with Gasteiger partial charge in [-0.2, -0.15) is 13.2 Å². The number of rotatable bonds is 7. The van der Waals surface area contributed by atoms with Crippen molar-refractivity contribution in [1.82, 2.24) is 9.79 Å². The number of amides is 1. The molecule has 0 bridgehead atoms. The molecule has 12 heteroatoms. The van der Waals surface area contributed by atoms with E-state index >= 15 is 0 Å². The summed E-state index contributed by atoms with van der Waals surface area (Å²) in [5.41, 5.74) is 3.89. The van der Waals surface area contributed by atoms with Crippen LogP contribution in [0.1, 0.15) is 29.3 Å². The molecule has 0 heterocycles. The van der Waals surface area contributed by atoms with E-state index in [0.29, 0.717) is 17.6 Å². The largest absolute Gasteiger partial charge is 0.416 e. The summed E-state index contributed by atoms with van der Waals surface area (Å²) < 4.78 is 65.2. The number of nitrogens with two attached hydrogens (primary N) is 1. The third-order valence-corrected chi connectivity index (χ3v) is 5.19. The van der Waals surface area contributed by atoms with Crippen LogP contribution < -0.4 is 15.3 Å². The molecule has 0 saturated heterocycles. The Morgan fingerprint density at radius 2 is 1.83 bits per heavy atom. The van der Waals surface area contributed by atoms with Crippen LogP contribution >= 0.6 is 0 Å². The minimum Gasteiger partial charge on any atom is -0.369 e. The molecule has 2 aromatic carbocycles. The Balaban J connectivity index is 2.24. The molecule has 0 spiro atoms. The van der Waals surface area contributed by atoms with Crippen LogP contribution in [0, 0.1) is 5.41 Å². The monoisotopic (exact) mass is 444 g/mol. The third-order valence-electron chi connectivity index (χ3n) is 3.71. The van der Waals surface area contributed by atoms with Gasteiger partial charge in [0.25, 0.3) is 5.91 Å². The SMILES string of the molecule is CCCNS(=O)(=O)c1ccc(ON(C(=N)N)C(=O)c2cccc(C(F)(F)F)c2)cc1. The fourth-order valence-electron chi connectivity index (χ4n) is 2.25. The van der Waals surface area contributed by atoms with E-state index in [1.54, 1.807) is 6.92 Å². The summed E-state index contributed by atoms with van der Waals surface area (Å²) in [5.74, 6) is -2.03. The molecule has 30 heavy (non-hydrogen) atoms. The normalized spacial score (nSPS) is 11.7. The van der Waals surface area contributed by atoms with Gasteiger partial charge in [-0.05, 0) is 48.9 Å². The molecule has 1 amide bonds. The van der Waals surface area contributed by atoms with Gasteiger partial charge < -0.3 is 10.6 Å². The van der Waals surface area contributed by atoms with Crippen LogP contribution in [0.15, 0.2) is 53.4 Å². The first-order valence-corrected chi connectivity index (χ1v) is 10.1. The van der Waals surface area contributed by atoms with Crippen molar-refractivity contribution in [3.63, 3.8) is 0 Å². The zero-order valence-electron chi connectivity index (χ0n) is 15.7. The first-order valence-electron chi connectivity index (χ1n) is 8.59. The zero-order valence-corrected chi connectivity index (χ0v) is 16.5. The van der Waals surface area contributed by atoms with Crippen LogP contribution in [0.25, 0.3) is 0 Å². The molecule has 162 valence electrons. The van der Waals surface area contributed by atoms with Gasteiger partial charge >= 0.3 is 6.18 Å². The van der Waals surface area contributed by atoms with Gasteiger partial charge in [0, 0.05) is 12.1 Å². The lowest BCUT2D eigenvalue weighted by atomic mass is 10.1. The summed E-state index contributed by atoms with van der Waals surface area (Å²) in [6.45, 7) is 2.06. The van der Waals surface area contributed by atoms with E-state index in [-0.39, 0.29) is 17.2 Å². The molecule has 0 aliphatic rings. The molecule has 4 N–H and O–H groups in total. The Hall–Kier alpha value is -3.12. The minimum absolute atomic E-state index is 0.0538. The highest BCUT2D eigenvalue weighted by Gasteiger charge is 2.32. The number of benzene rings is 2. The topological polar surface area (TPSA) is 126 Å². The van der Waals surface area contributed by atoms with Crippen LogP contribution in [-0.2, 0) is 16.2 Å². The number of hydrogen-bond acceptors (Lipinski definition) is 5. The molecular formula is C18H19F3N4O4S. The number of guanidine groups is 1. The van der Waals surface area contributed by atoms with Crippen LogP contribution in [0.5, 0.6) is 5.75 Å². The first kappa shape index (κ1) is 23.2. The smallest absolute Gasteiger partial charge is 0.369 e. The number of hydrogen-bond donors (Lipinski definition) is 3. The van der Waals surface area contributed by atoms with E-state index < -0.39 is 39.2 Å². The quantitative estimate of drug-likeness (QED) is 0.344. The fraction of sp³-hybridized carbons (Fsp3) is 0.222. The second-order valence-corrected chi connectivity index (χ2v) is 7.79. The third kappa shape index (κ3) is 5.70. The van der Waals surface area contributed by atoms with Crippen molar-refractivity contribution in [2.45, 2.75) is 24.4 Å². The number of carbonyl (C=O) groups excluding carboxylic acids is 1. The van der Waals surface area contributed by atoms with Gasteiger partial charge in [0.1, 0.15) is 0 Å². The van der Waals surface area contributed by atoms with E-state index in [2.05, 4.69) is 4.72 Å². The molecule has 0 radical (unpaired) electrons. The Morgan fingerprint density at radius 3 is 2.37 bits per heavy atom. The summed E-state index contributed by atoms with van der Waals surface area (Å²) in [4.78, 5) is 17.7. The Bertz CT molecular complexity index is 1020. The Labute approximate surface area is 170 Å². The predicted molar refractivity (Wildman–Crippen MR) is 102 cm³/mol. The van der Waals surface area contributed by atoms with E-state index in [1.165, 1.54) is 24.3 Å². The molecule has 0 aromatic heterocycles. The highest BCUT2D eigenvalue weighted by atomic mass is 32.2. The van der Waals surface area contributed by atoms with E-state index in [0.717, 1.165) is 18.2 Å². The number of nitrogens with zero attached hydrogens (tertiary/aromatic N) is 1. The van der Waals surface area contributed by atoms with Crippen molar-refractivity contribution in [3.8, 4) is 5.75 Å². The minimum atomic E-state index is -4.66. The molecule has 0 aliphatic heterocycles. The highest BCUT2D eigenvalue weighted by Crippen LogP contribution is 2.30. The van der Waals surface area contributed by atoms with Gasteiger partial charge in [-0.15, -0.1) is 5.06 Å². The molecule has 0 fully saturated rings. The molecule has 0 atom stereocenters. The Morgan fingerprint density at radius 1 is 1.20 bits per heavy atom. The van der Waals surface area contributed by atoms with E-state index in [9.17, 15) is 26.4 Å². The van der Waals surface area contributed by atoms with Gasteiger partial charge in [-0.1, -0.05) is 13.0 Å². The number of halogens is 3. The van der Waals surface area contributed by atoms with Gasteiger partial charge in [0.2, 0.25) is 16.0 Å². The maximum Gasteiger partial charge on any atom is 0.416 e. The predicted octanol–water partition coefficient (Wildman–Crippen LogP) is 2.72. The van der Waals surface area contributed by atoms with Gasteiger partial charge in [0.15, 0.2) is 5.75 Å². The van der Waals surface area contributed by atoms with E-state index in [4.69, 9.17) is 16.0 Å². The molecule has 0 saturated carbocycles. The molecule has 8 nitrogen and oxygen atoms in total. The summed E-state index contributed by atoms with van der Waals surface area (Å²) in [5, 5.41) is 7.80. The van der Waals surface area contributed by atoms with Crippen molar-refractivity contribution in [2.75, 3.05) is 6.54 Å². The van der Waals surface area contributed by atoms with Crippen molar-refractivity contribution < 1.29 is 31.2 Å². The van der Waals surface area contributed by atoms with Crippen molar-refractivity contribution in [1.29, 1.82) is 5.41 Å². The number of alkyl halides is 3. The molecule has 2 aromatic rings. The first-order chi connectivity index (χ1) is 14.0. The highest BCUT2D eigenvalue weighted by molar-refractivity contribution is 7.89. The molecule has 0 unspecified atom stereocenters.